The van der Waals surface area contributed by atoms with Crippen LogP contribution in [-0.2, 0) is 10.0 Å². The normalized spacial score (nSPS) is 11.0. The number of carbonyl (C=O) groups is 1. The number of halogens is 2. The number of sulfonamides is 1. The number of benzene rings is 3. The first-order valence-electron chi connectivity index (χ1n) is 8.32. The summed E-state index contributed by atoms with van der Waals surface area (Å²) < 4.78 is 32.8. The lowest BCUT2D eigenvalue weighted by Gasteiger charge is -2.11. The first-order valence-corrected chi connectivity index (χ1v) is 10.6. The highest BCUT2D eigenvalue weighted by Crippen LogP contribution is 2.27. The van der Waals surface area contributed by atoms with E-state index in [1.54, 1.807) is 36.4 Å². The van der Waals surface area contributed by atoms with Crippen LogP contribution in [0.4, 0.5) is 11.4 Å². The van der Waals surface area contributed by atoms with Crippen LogP contribution in [0.1, 0.15) is 10.4 Å². The molecule has 0 saturated heterocycles. The number of hydrogen-bond acceptors (Lipinski definition) is 4. The molecule has 3 rings (SSSR count). The van der Waals surface area contributed by atoms with Gasteiger partial charge in [0.1, 0.15) is 10.6 Å². The lowest BCUT2D eigenvalue weighted by Crippen LogP contribution is -2.15. The molecule has 1 amide bonds. The van der Waals surface area contributed by atoms with Gasteiger partial charge >= 0.3 is 0 Å². The third-order valence-corrected chi connectivity index (χ3v) is 5.99. The molecule has 0 spiro atoms. The zero-order valence-electron chi connectivity index (χ0n) is 15.1. The summed E-state index contributed by atoms with van der Waals surface area (Å²) in [7, 11) is -2.46. The molecular weight excluding hydrogens is 435 g/mol. The zero-order chi connectivity index (χ0) is 21.0. The Hall–Kier alpha value is -2.74. The molecule has 0 atom stereocenters. The van der Waals surface area contributed by atoms with Gasteiger partial charge in [0.05, 0.1) is 12.1 Å². The van der Waals surface area contributed by atoms with Crippen molar-refractivity contribution in [1.29, 1.82) is 0 Å². The van der Waals surface area contributed by atoms with Gasteiger partial charge in [0.2, 0.25) is 0 Å². The number of rotatable bonds is 6. The second-order valence-corrected chi connectivity index (χ2v) is 8.44. The van der Waals surface area contributed by atoms with E-state index in [4.69, 9.17) is 27.9 Å². The summed E-state index contributed by atoms with van der Waals surface area (Å²) in [4.78, 5) is 12.4. The number of nitrogens with one attached hydrogen (secondary N) is 2. The number of methoxy groups -OCH3 is 1. The molecule has 150 valence electrons. The summed E-state index contributed by atoms with van der Waals surface area (Å²) in [5.41, 5.74) is 1.02. The molecule has 0 aliphatic rings. The van der Waals surface area contributed by atoms with Crippen LogP contribution in [-0.4, -0.2) is 21.4 Å². The molecule has 3 aromatic carbocycles. The van der Waals surface area contributed by atoms with E-state index in [2.05, 4.69) is 10.0 Å². The molecule has 0 heterocycles. The van der Waals surface area contributed by atoms with Gasteiger partial charge in [-0.15, -0.1) is 0 Å². The maximum absolute atomic E-state index is 12.6. The van der Waals surface area contributed by atoms with Crippen molar-refractivity contribution in [1.82, 2.24) is 0 Å². The third kappa shape index (κ3) is 5.20. The maximum Gasteiger partial charge on any atom is 0.263 e. The topological polar surface area (TPSA) is 84.5 Å². The number of hydrogen-bond donors (Lipinski definition) is 2. The van der Waals surface area contributed by atoms with Crippen molar-refractivity contribution < 1.29 is 17.9 Å². The van der Waals surface area contributed by atoms with Gasteiger partial charge < -0.3 is 10.1 Å². The predicted octanol–water partition coefficient (Wildman–Crippen LogP) is 5.06. The minimum atomic E-state index is -3.99. The first kappa shape index (κ1) is 21.0. The summed E-state index contributed by atoms with van der Waals surface area (Å²) in [6.45, 7) is 0. The molecule has 0 saturated carbocycles. The van der Waals surface area contributed by atoms with E-state index in [-0.39, 0.29) is 26.2 Å². The van der Waals surface area contributed by atoms with Crippen molar-refractivity contribution in [2.45, 2.75) is 4.90 Å². The second kappa shape index (κ2) is 8.73. The Bertz CT molecular complexity index is 1170. The van der Waals surface area contributed by atoms with E-state index < -0.39 is 15.9 Å². The van der Waals surface area contributed by atoms with Gasteiger partial charge in [-0.25, -0.2) is 8.42 Å². The fourth-order valence-electron chi connectivity index (χ4n) is 2.52. The molecule has 0 aliphatic heterocycles. The Morgan fingerprint density at radius 1 is 0.931 bits per heavy atom. The van der Waals surface area contributed by atoms with E-state index in [1.165, 1.54) is 37.4 Å². The van der Waals surface area contributed by atoms with E-state index in [9.17, 15) is 13.2 Å². The molecular formula is C20H16Cl2N2O4S. The summed E-state index contributed by atoms with van der Waals surface area (Å²) in [5.74, 6) is 0.197. The second-order valence-electron chi connectivity index (χ2n) is 5.95. The number of carbonyl (C=O) groups excluding carboxylic acids is 1. The molecule has 0 aliphatic carbocycles. The fourth-order valence-corrected chi connectivity index (χ4v) is 4.33. The van der Waals surface area contributed by atoms with E-state index in [0.717, 1.165) is 0 Å². The Morgan fingerprint density at radius 3 is 2.41 bits per heavy atom. The Morgan fingerprint density at radius 2 is 1.66 bits per heavy atom. The van der Waals surface area contributed by atoms with Crippen LogP contribution in [0.25, 0.3) is 0 Å². The summed E-state index contributed by atoms with van der Waals surface area (Å²) in [5, 5.41) is 3.01. The van der Waals surface area contributed by atoms with E-state index in [1.807, 2.05) is 0 Å². The van der Waals surface area contributed by atoms with Crippen LogP contribution in [0.3, 0.4) is 0 Å². The highest BCUT2D eigenvalue weighted by Gasteiger charge is 2.19. The molecule has 0 bridgehead atoms. The van der Waals surface area contributed by atoms with Crippen LogP contribution >= 0.6 is 23.2 Å². The van der Waals surface area contributed by atoms with Gasteiger partial charge in [0.15, 0.2) is 0 Å². The highest BCUT2D eigenvalue weighted by atomic mass is 35.5. The monoisotopic (exact) mass is 450 g/mol. The zero-order valence-corrected chi connectivity index (χ0v) is 17.5. The average Bonchev–Trinajstić information content (AvgIpc) is 2.69. The van der Waals surface area contributed by atoms with Gasteiger partial charge in [-0.2, -0.15) is 0 Å². The smallest absolute Gasteiger partial charge is 0.263 e. The number of ether oxygens (including phenoxy) is 1. The highest BCUT2D eigenvalue weighted by molar-refractivity contribution is 7.92. The van der Waals surface area contributed by atoms with Crippen LogP contribution in [0.2, 0.25) is 10.0 Å². The minimum Gasteiger partial charge on any atom is -0.497 e. The molecule has 0 unspecified atom stereocenters. The lowest BCUT2D eigenvalue weighted by atomic mass is 10.2. The number of anilines is 2. The van der Waals surface area contributed by atoms with Gasteiger partial charge in [-0.1, -0.05) is 35.3 Å². The SMILES string of the molecule is COc1cccc(NC(=O)c2cccc(NS(=O)(=O)c3cc(Cl)ccc3Cl)c2)c1. The van der Waals surface area contributed by atoms with Gasteiger partial charge in [0, 0.05) is 28.0 Å². The summed E-state index contributed by atoms with van der Waals surface area (Å²) in [6, 6.07) is 17.1. The summed E-state index contributed by atoms with van der Waals surface area (Å²) in [6.07, 6.45) is 0. The minimum absolute atomic E-state index is 0.0359. The van der Waals surface area contributed by atoms with Crippen molar-refractivity contribution in [3.8, 4) is 5.75 Å². The van der Waals surface area contributed by atoms with Gasteiger partial charge in [-0.3, -0.25) is 9.52 Å². The third-order valence-electron chi connectivity index (χ3n) is 3.89. The van der Waals surface area contributed by atoms with Crippen LogP contribution in [0, 0.1) is 0 Å². The van der Waals surface area contributed by atoms with Crippen LogP contribution < -0.4 is 14.8 Å². The van der Waals surface area contributed by atoms with Crippen molar-refractivity contribution >= 4 is 50.5 Å². The molecule has 0 radical (unpaired) electrons. The molecule has 2 N–H and O–H groups in total. The van der Waals surface area contributed by atoms with Crippen LogP contribution in [0.15, 0.2) is 71.6 Å². The van der Waals surface area contributed by atoms with Crippen LogP contribution in [0.5, 0.6) is 5.75 Å². The van der Waals surface area contributed by atoms with Crippen molar-refractivity contribution in [2.24, 2.45) is 0 Å². The predicted molar refractivity (Wildman–Crippen MR) is 115 cm³/mol. The molecule has 6 nitrogen and oxygen atoms in total. The van der Waals surface area contributed by atoms with Crippen molar-refractivity contribution in [3.63, 3.8) is 0 Å². The fraction of sp³-hybridized carbons (Fsp3) is 0.0500. The van der Waals surface area contributed by atoms with E-state index >= 15 is 0 Å². The van der Waals surface area contributed by atoms with Crippen molar-refractivity contribution in [2.75, 3.05) is 17.1 Å². The lowest BCUT2D eigenvalue weighted by molar-refractivity contribution is 0.102. The largest absolute Gasteiger partial charge is 0.497 e. The van der Waals surface area contributed by atoms with Gasteiger partial charge in [0.25, 0.3) is 15.9 Å². The average molecular weight is 451 g/mol. The molecule has 0 fully saturated rings. The number of amides is 1. The first-order chi connectivity index (χ1) is 13.8. The van der Waals surface area contributed by atoms with Crippen molar-refractivity contribution in [3.05, 3.63) is 82.3 Å². The summed E-state index contributed by atoms with van der Waals surface area (Å²) >= 11 is 11.9. The Balaban J connectivity index is 1.81. The molecule has 9 heteroatoms. The molecule has 0 aromatic heterocycles. The van der Waals surface area contributed by atoms with Gasteiger partial charge in [-0.05, 0) is 48.5 Å². The Labute approximate surface area is 178 Å². The standard InChI is InChI=1S/C20H16Cl2N2O4S/c1-28-17-7-3-5-15(12-17)23-20(25)13-4-2-6-16(10-13)24-29(26,27)19-11-14(21)8-9-18(19)22/h2-12,24H,1H3,(H,23,25). The Kier molecular flexibility index (Phi) is 6.32. The van der Waals surface area contributed by atoms with E-state index in [0.29, 0.717) is 11.4 Å². The quantitative estimate of drug-likeness (QED) is 0.549. The maximum atomic E-state index is 12.6. The molecule has 3 aromatic rings. The molecule has 29 heavy (non-hydrogen) atoms.